The van der Waals surface area contributed by atoms with Gasteiger partial charge in [0.1, 0.15) is 6.04 Å². The second-order valence-electron chi connectivity index (χ2n) is 8.81. The lowest BCUT2D eigenvalue weighted by atomic mass is 10.0. The maximum absolute atomic E-state index is 12.9. The number of nitrogens with two attached hydrogens (primary N) is 1. The molecule has 2 aromatic heterocycles. The first-order chi connectivity index (χ1) is 17.7. The molecule has 1 aliphatic rings. The summed E-state index contributed by atoms with van der Waals surface area (Å²) in [5.74, 6) is -0.709. The normalized spacial score (nSPS) is 14.9. The van der Waals surface area contributed by atoms with Crippen molar-refractivity contribution in [3.05, 3.63) is 83.5 Å². The highest BCUT2D eigenvalue weighted by Gasteiger charge is 2.38. The summed E-state index contributed by atoms with van der Waals surface area (Å²) in [4.78, 5) is 31.7. The second kappa shape index (κ2) is 11.1. The lowest BCUT2D eigenvalue weighted by Crippen LogP contribution is -2.56. The number of halogens is 1. The van der Waals surface area contributed by atoms with Crippen LogP contribution in [0.25, 0.3) is 22.4 Å². The summed E-state index contributed by atoms with van der Waals surface area (Å²) in [7, 11) is -3.49. The van der Waals surface area contributed by atoms with Crippen molar-refractivity contribution >= 4 is 50.7 Å². The van der Waals surface area contributed by atoms with E-state index in [9.17, 15) is 18.0 Å². The van der Waals surface area contributed by atoms with Crippen LogP contribution in [-0.4, -0.2) is 52.9 Å². The van der Waals surface area contributed by atoms with Crippen molar-refractivity contribution in [1.82, 2.24) is 13.9 Å². The Morgan fingerprint density at radius 1 is 1.11 bits per heavy atom. The summed E-state index contributed by atoms with van der Waals surface area (Å²) in [6.45, 7) is 0.891. The summed E-state index contributed by atoms with van der Waals surface area (Å²) < 4.78 is 24.3. The number of rotatable bonds is 7. The molecule has 1 saturated heterocycles. The Labute approximate surface area is 230 Å². The molecule has 12 heteroatoms. The van der Waals surface area contributed by atoms with E-state index in [1.54, 1.807) is 0 Å². The lowest BCUT2D eigenvalue weighted by molar-refractivity contribution is -0.123. The Morgan fingerprint density at radius 2 is 1.82 bits per heavy atom. The van der Waals surface area contributed by atoms with Crippen molar-refractivity contribution in [2.24, 2.45) is 5.73 Å². The number of likely N-dealkylation sites (tertiary alicyclic amines) is 1. The van der Waals surface area contributed by atoms with Crippen LogP contribution in [0.4, 0.5) is 5.13 Å². The molecule has 0 unspecified atom stereocenters. The predicted octanol–water partition coefficient (Wildman–Crippen LogP) is 3.82. The van der Waals surface area contributed by atoms with Crippen LogP contribution >= 0.6 is 23.7 Å². The van der Waals surface area contributed by atoms with Gasteiger partial charge in [0.2, 0.25) is 15.9 Å². The number of amides is 2. The number of hydrogen-bond donors (Lipinski definition) is 2. The van der Waals surface area contributed by atoms with E-state index in [-0.39, 0.29) is 29.8 Å². The van der Waals surface area contributed by atoms with Gasteiger partial charge in [-0.05, 0) is 41.3 Å². The number of hydrogen-bond acceptors (Lipinski definition) is 7. The van der Waals surface area contributed by atoms with Crippen LogP contribution in [0.15, 0.2) is 72.4 Å². The quantitative estimate of drug-likeness (QED) is 0.347. The zero-order valence-electron chi connectivity index (χ0n) is 20.4. The largest absolute Gasteiger partial charge is 0.326 e. The third-order valence-electron chi connectivity index (χ3n) is 6.27. The van der Waals surface area contributed by atoms with Crippen molar-refractivity contribution in [1.29, 1.82) is 0 Å². The minimum Gasteiger partial charge on any atom is -0.326 e. The third kappa shape index (κ3) is 5.65. The fourth-order valence-corrected chi connectivity index (χ4v) is 5.48. The molecule has 0 saturated carbocycles. The molecule has 1 fully saturated rings. The molecule has 0 spiro atoms. The van der Waals surface area contributed by atoms with E-state index >= 15 is 0 Å². The summed E-state index contributed by atoms with van der Waals surface area (Å²) in [6, 6.07) is 16.9. The van der Waals surface area contributed by atoms with Crippen LogP contribution in [0.1, 0.15) is 22.3 Å². The number of anilines is 1. The van der Waals surface area contributed by atoms with Crippen molar-refractivity contribution < 1.29 is 18.0 Å². The predicted molar refractivity (Wildman–Crippen MR) is 151 cm³/mol. The molecule has 0 bridgehead atoms. The van der Waals surface area contributed by atoms with Gasteiger partial charge < -0.3 is 16.0 Å². The van der Waals surface area contributed by atoms with Gasteiger partial charge in [-0.2, -0.15) is 0 Å². The van der Waals surface area contributed by atoms with Crippen molar-refractivity contribution in [3.63, 3.8) is 0 Å². The van der Waals surface area contributed by atoms with Gasteiger partial charge in [-0.15, -0.1) is 23.7 Å². The molecule has 4 aromatic rings. The average molecular weight is 572 g/mol. The van der Waals surface area contributed by atoms with Crippen LogP contribution in [-0.2, 0) is 21.4 Å². The smallest absolute Gasteiger partial charge is 0.256 e. The van der Waals surface area contributed by atoms with Gasteiger partial charge in [0.25, 0.3) is 5.91 Å². The standard InChI is InChI=1S/C26H25N5O4S2.ClH/c1-37(34,35)30-10-8-21(15-30)25(33)31-11-9-23(31)24(32)29-26-28-22(16-36-26)20-7-3-6-19(13-20)18-5-2-4-17(12-18)14-27;/h2-8,10,12-13,15-16,23H,9,11,14,27H2,1H3,(H,28,29,32);1H/t23-;/m0./s1. The number of nitrogens with one attached hydrogen (secondary N) is 1. The number of carbonyl (C=O) groups is 2. The third-order valence-corrected chi connectivity index (χ3v) is 8.02. The van der Waals surface area contributed by atoms with E-state index in [0.717, 1.165) is 38.2 Å². The zero-order chi connectivity index (χ0) is 26.2. The molecule has 3 heterocycles. The van der Waals surface area contributed by atoms with Gasteiger partial charge in [0, 0.05) is 36.4 Å². The number of aromatic nitrogens is 2. The lowest BCUT2D eigenvalue weighted by Gasteiger charge is -2.39. The highest BCUT2D eigenvalue weighted by atomic mass is 35.5. The number of carbonyl (C=O) groups excluding carboxylic acids is 2. The summed E-state index contributed by atoms with van der Waals surface area (Å²) in [5, 5.41) is 5.14. The highest BCUT2D eigenvalue weighted by molar-refractivity contribution is 7.89. The SMILES string of the molecule is CS(=O)(=O)n1ccc(C(=O)N2CC[C@H]2C(=O)Nc2nc(-c3cccc(-c4cccc(CN)c4)c3)cs2)c1.Cl. The van der Waals surface area contributed by atoms with Gasteiger partial charge in [0.15, 0.2) is 5.13 Å². The first kappa shape index (κ1) is 27.5. The molecule has 198 valence electrons. The van der Waals surface area contributed by atoms with Crippen LogP contribution in [0.2, 0.25) is 0 Å². The van der Waals surface area contributed by atoms with E-state index in [1.807, 2.05) is 47.8 Å². The summed E-state index contributed by atoms with van der Waals surface area (Å²) in [6.07, 6.45) is 4.16. The van der Waals surface area contributed by atoms with E-state index in [0.29, 0.717) is 24.6 Å². The van der Waals surface area contributed by atoms with E-state index in [1.165, 1.54) is 34.7 Å². The fourth-order valence-electron chi connectivity index (χ4n) is 4.17. The van der Waals surface area contributed by atoms with Crippen LogP contribution in [0.3, 0.4) is 0 Å². The topological polar surface area (TPSA) is 127 Å². The zero-order valence-corrected chi connectivity index (χ0v) is 22.9. The van der Waals surface area contributed by atoms with E-state index in [4.69, 9.17) is 5.73 Å². The Hall–Kier alpha value is -3.51. The molecule has 3 N–H and O–H groups in total. The monoisotopic (exact) mass is 571 g/mol. The maximum atomic E-state index is 12.9. The molecule has 2 aromatic carbocycles. The van der Waals surface area contributed by atoms with Crippen LogP contribution in [0.5, 0.6) is 0 Å². The average Bonchev–Trinajstić information content (AvgIpc) is 3.54. The van der Waals surface area contributed by atoms with Gasteiger partial charge in [-0.3, -0.25) is 13.6 Å². The van der Waals surface area contributed by atoms with Gasteiger partial charge in [-0.25, -0.2) is 13.4 Å². The molecule has 5 rings (SSSR count). The van der Waals surface area contributed by atoms with E-state index in [2.05, 4.69) is 16.4 Å². The first-order valence-corrected chi connectivity index (χ1v) is 14.3. The Morgan fingerprint density at radius 3 is 2.47 bits per heavy atom. The molecular weight excluding hydrogens is 546 g/mol. The number of benzene rings is 2. The second-order valence-corrected chi connectivity index (χ2v) is 11.6. The molecule has 38 heavy (non-hydrogen) atoms. The summed E-state index contributed by atoms with van der Waals surface area (Å²) in [5.41, 5.74) is 10.8. The van der Waals surface area contributed by atoms with Crippen molar-refractivity contribution in [3.8, 4) is 22.4 Å². The van der Waals surface area contributed by atoms with Gasteiger partial charge in [0.05, 0.1) is 17.5 Å². The van der Waals surface area contributed by atoms with Crippen LogP contribution in [0, 0.1) is 0 Å². The minimum atomic E-state index is -3.49. The highest BCUT2D eigenvalue weighted by Crippen LogP contribution is 2.30. The van der Waals surface area contributed by atoms with Crippen LogP contribution < -0.4 is 11.1 Å². The maximum Gasteiger partial charge on any atom is 0.256 e. The minimum absolute atomic E-state index is 0. The molecule has 0 radical (unpaired) electrons. The number of nitrogens with zero attached hydrogens (tertiary/aromatic N) is 3. The molecule has 1 aliphatic heterocycles. The van der Waals surface area contributed by atoms with Gasteiger partial charge >= 0.3 is 0 Å². The van der Waals surface area contributed by atoms with Crippen molar-refractivity contribution in [2.75, 3.05) is 18.1 Å². The Kier molecular flexibility index (Phi) is 8.02. The molecular formula is C26H26ClN5O4S2. The Balaban J connectivity index is 0.00000336. The Bertz CT molecular complexity index is 1600. The molecule has 0 aliphatic carbocycles. The van der Waals surface area contributed by atoms with Gasteiger partial charge in [-0.1, -0.05) is 36.4 Å². The molecule has 2 amide bonds. The fraction of sp³-hybridized carbons (Fsp3) is 0.192. The van der Waals surface area contributed by atoms with E-state index < -0.39 is 16.1 Å². The van der Waals surface area contributed by atoms with Crippen molar-refractivity contribution in [2.45, 2.75) is 19.0 Å². The summed E-state index contributed by atoms with van der Waals surface area (Å²) >= 11 is 1.31. The molecule has 1 atom stereocenters. The number of thiazole rings is 1. The molecule has 9 nitrogen and oxygen atoms in total. The first-order valence-electron chi connectivity index (χ1n) is 11.6.